The molecule has 108 valence electrons. The van der Waals surface area contributed by atoms with Crippen molar-refractivity contribution in [3.8, 4) is 0 Å². The Labute approximate surface area is 118 Å². The normalized spacial score (nSPS) is 19.5. The molecule has 1 aromatic rings. The lowest BCUT2D eigenvalue weighted by Crippen LogP contribution is -2.43. The highest BCUT2D eigenvalue weighted by Crippen LogP contribution is 2.18. The molecule has 0 bridgehead atoms. The summed E-state index contributed by atoms with van der Waals surface area (Å²) in [4.78, 5) is 24.6. The number of benzene rings is 1. The molecular weight excluding hydrogens is 256 g/mol. The Morgan fingerprint density at radius 3 is 2.75 bits per heavy atom. The molecule has 1 aromatic carbocycles. The van der Waals surface area contributed by atoms with E-state index in [1.54, 1.807) is 0 Å². The number of hydrogen-bond acceptors (Lipinski definition) is 3. The molecule has 5 nitrogen and oxygen atoms in total. The molecule has 0 spiro atoms. The molecule has 1 aliphatic heterocycles. The molecule has 2 N–H and O–H groups in total. The monoisotopic (exact) mass is 276 g/mol. The number of rotatable bonds is 5. The SMILES string of the molecule is O=C(O)CNC(=O)C1CCCN(Cc2ccccc2)C1. The molecule has 1 heterocycles. The second-order valence-electron chi connectivity index (χ2n) is 5.17. The molecule has 0 saturated carbocycles. The van der Waals surface area contributed by atoms with E-state index in [2.05, 4.69) is 22.3 Å². The minimum atomic E-state index is -1.00. The van der Waals surface area contributed by atoms with Crippen molar-refractivity contribution < 1.29 is 14.7 Å². The highest BCUT2D eigenvalue weighted by Gasteiger charge is 2.25. The molecular formula is C15H20N2O3. The van der Waals surface area contributed by atoms with Crippen molar-refractivity contribution in [3.05, 3.63) is 35.9 Å². The lowest BCUT2D eigenvalue weighted by Gasteiger charge is -2.31. The van der Waals surface area contributed by atoms with Gasteiger partial charge in [-0.05, 0) is 24.9 Å². The minimum absolute atomic E-state index is 0.105. The van der Waals surface area contributed by atoms with Crippen LogP contribution in [0.5, 0.6) is 0 Å². The number of carboxylic acids is 1. The fraction of sp³-hybridized carbons (Fsp3) is 0.467. The van der Waals surface area contributed by atoms with E-state index in [1.807, 2.05) is 18.2 Å². The fourth-order valence-corrected chi connectivity index (χ4v) is 2.56. The Morgan fingerprint density at radius 2 is 2.05 bits per heavy atom. The summed E-state index contributed by atoms with van der Waals surface area (Å²) in [7, 11) is 0. The Kier molecular flexibility index (Phi) is 5.12. The first-order valence-corrected chi connectivity index (χ1v) is 6.91. The van der Waals surface area contributed by atoms with Crippen LogP contribution in [-0.4, -0.2) is 41.5 Å². The maximum absolute atomic E-state index is 11.9. The summed E-state index contributed by atoms with van der Waals surface area (Å²) in [5.41, 5.74) is 1.24. The predicted octanol–water partition coefficient (Wildman–Crippen LogP) is 1.10. The van der Waals surface area contributed by atoms with Crippen molar-refractivity contribution >= 4 is 11.9 Å². The van der Waals surface area contributed by atoms with E-state index in [-0.39, 0.29) is 18.4 Å². The highest BCUT2D eigenvalue weighted by molar-refractivity contribution is 5.83. The first kappa shape index (κ1) is 14.5. The molecule has 1 saturated heterocycles. The second-order valence-corrected chi connectivity index (χ2v) is 5.17. The van der Waals surface area contributed by atoms with E-state index >= 15 is 0 Å². The second kappa shape index (κ2) is 7.05. The smallest absolute Gasteiger partial charge is 0.322 e. The number of amides is 1. The number of piperidine rings is 1. The summed E-state index contributed by atoms with van der Waals surface area (Å²) in [6.45, 7) is 2.22. The first-order valence-electron chi connectivity index (χ1n) is 6.91. The number of hydrogen-bond donors (Lipinski definition) is 2. The van der Waals surface area contributed by atoms with Gasteiger partial charge in [-0.15, -0.1) is 0 Å². The average Bonchev–Trinajstić information content (AvgIpc) is 2.46. The van der Waals surface area contributed by atoms with Crippen LogP contribution in [0.1, 0.15) is 18.4 Å². The van der Waals surface area contributed by atoms with Crippen LogP contribution < -0.4 is 5.32 Å². The van der Waals surface area contributed by atoms with Gasteiger partial charge in [0, 0.05) is 13.1 Å². The van der Waals surface area contributed by atoms with Crippen molar-refractivity contribution in [2.75, 3.05) is 19.6 Å². The van der Waals surface area contributed by atoms with E-state index in [1.165, 1.54) is 5.56 Å². The number of carbonyl (C=O) groups is 2. The third kappa shape index (κ3) is 4.35. The predicted molar refractivity (Wildman–Crippen MR) is 75.1 cm³/mol. The van der Waals surface area contributed by atoms with Crippen LogP contribution >= 0.6 is 0 Å². The molecule has 0 radical (unpaired) electrons. The average molecular weight is 276 g/mol. The summed E-state index contributed by atoms with van der Waals surface area (Å²) < 4.78 is 0. The van der Waals surface area contributed by atoms with Crippen molar-refractivity contribution in [1.82, 2.24) is 10.2 Å². The Balaban J connectivity index is 1.85. The molecule has 1 unspecified atom stereocenters. The van der Waals surface area contributed by atoms with Crippen LogP contribution in [0.25, 0.3) is 0 Å². The number of carboxylic acid groups (broad SMARTS) is 1. The van der Waals surface area contributed by atoms with Crippen LogP contribution in [0, 0.1) is 5.92 Å². The van der Waals surface area contributed by atoms with Crippen LogP contribution in [0.15, 0.2) is 30.3 Å². The molecule has 20 heavy (non-hydrogen) atoms. The summed E-state index contributed by atoms with van der Waals surface area (Å²) in [6, 6.07) is 10.2. The van der Waals surface area contributed by atoms with Gasteiger partial charge in [-0.25, -0.2) is 0 Å². The van der Waals surface area contributed by atoms with Gasteiger partial charge in [-0.3, -0.25) is 14.5 Å². The number of nitrogens with zero attached hydrogens (tertiary/aromatic N) is 1. The van der Waals surface area contributed by atoms with Crippen LogP contribution in [0.3, 0.4) is 0 Å². The van der Waals surface area contributed by atoms with Gasteiger partial charge < -0.3 is 10.4 Å². The molecule has 1 fully saturated rings. The first-order chi connectivity index (χ1) is 9.65. The number of likely N-dealkylation sites (tertiary alicyclic amines) is 1. The number of carbonyl (C=O) groups excluding carboxylic acids is 1. The zero-order valence-corrected chi connectivity index (χ0v) is 11.4. The summed E-state index contributed by atoms with van der Waals surface area (Å²) in [5.74, 6) is -1.26. The van der Waals surface area contributed by atoms with Gasteiger partial charge in [0.15, 0.2) is 0 Å². The van der Waals surface area contributed by atoms with Gasteiger partial charge in [0.05, 0.1) is 5.92 Å². The molecule has 1 amide bonds. The maximum Gasteiger partial charge on any atom is 0.322 e. The molecule has 1 atom stereocenters. The van der Waals surface area contributed by atoms with Crippen molar-refractivity contribution in [2.45, 2.75) is 19.4 Å². The van der Waals surface area contributed by atoms with Gasteiger partial charge in [0.1, 0.15) is 6.54 Å². The van der Waals surface area contributed by atoms with Crippen molar-refractivity contribution in [2.24, 2.45) is 5.92 Å². The fourth-order valence-electron chi connectivity index (χ4n) is 2.56. The van der Waals surface area contributed by atoms with E-state index in [4.69, 9.17) is 5.11 Å². The van der Waals surface area contributed by atoms with E-state index in [0.717, 1.165) is 25.9 Å². The van der Waals surface area contributed by atoms with Gasteiger partial charge in [0.25, 0.3) is 0 Å². The van der Waals surface area contributed by atoms with Crippen molar-refractivity contribution in [1.29, 1.82) is 0 Å². The molecule has 0 aliphatic carbocycles. The number of aliphatic carboxylic acids is 1. The molecule has 0 aromatic heterocycles. The van der Waals surface area contributed by atoms with E-state index in [9.17, 15) is 9.59 Å². The summed E-state index contributed by atoms with van der Waals surface area (Å²) >= 11 is 0. The van der Waals surface area contributed by atoms with Crippen LogP contribution in [0.2, 0.25) is 0 Å². The topological polar surface area (TPSA) is 69.6 Å². The van der Waals surface area contributed by atoms with E-state index in [0.29, 0.717) is 6.54 Å². The number of nitrogens with one attached hydrogen (secondary N) is 1. The third-order valence-electron chi connectivity index (χ3n) is 3.54. The standard InChI is InChI=1S/C15H20N2O3/c18-14(19)9-16-15(20)13-7-4-8-17(11-13)10-12-5-2-1-3-6-12/h1-3,5-6,13H,4,7-11H2,(H,16,20)(H,18,19). The molecule has 2 rings (SSSR count). The van der Waals surface area contributed by atoms with Gasteiger partial charge >= 0.3 is 5.97 Å². The lowest BCUT2D eigenvalue weighted by molar-refractivity contribution is -0.138. The molecule has 1 aliphatic rings. The minimum Gasteiger partial charge on any atom is -0.480 e. The van der Waals surface area contributed by atoms with Crippen LogP contribution in [0.4, 0.5) is 0 Å². The van der Waals surface area contributed by atoms with Gasteiger partial charge in [0.2, 0.25) is 5.91 Å². The lowest BCUT2D eigenvalue weighted by atomic mass is 9.96. The summed E-state index contributed by atoms with van der Waals surface area (Å²) in [5, 5.41) is 11.1. The Hall–Kier alpha value is -1.88. The Bertz CT molecular complexity index is 461. The third-order valence-corrected chi connectivity index (χ3v) is 3.54. The zero-order valence-electron chi connectivity index (χ0n) is 11.4. The maximum atomic E-state index is 11.9. The highest BCUT2D eigenvalue weighted by atomic mass is 16.4. The Morgan fingerprint density at radius 1 is 1.30 bits per heavy atom. The quantitative estimate of drug-likeness (QED) is 0.845. The largest absolute Gasteiger partial charge is 0.480 e. The van der Waals surface area contributed by atoms with Crippen LogP contribution in [-0.2, 0) is 16.1 Å². The summed E-state index contributed by atoms with van der Waals surface area (Å²) in [6.07, 6.45) is 1.80. The van der Waals surface area contributed by atoms with E-state index < -0.39 is 5.97 Å². The van der Waals surface area contributed by atoms with Gasteiger partial charge in [-0.2, -0.15) is 0 Å². The molecule has 5 heteroatoms. The van der Waals surface area contributed by atoms with Crippen molar-refractivity contribution in [3.63, 3.8) is 0 Å². The van der Waals surface area contributed by atoms with Gasteiger partial charge in [-0.1, -0.05) is 30.3 Å². The zero-order chi connectivity index (χ0) is 14.4.